The van der Waals surface area contributed by atoms with E-state index in [0.29, 0.717) is 19.0 Å². The molecule has 6 nitrogen and oxygen atoms in total. The summed E-state index contributed by atoms with van der Waals surface area (Å²) in [6.07, 6.45) is 1.66. The Hall–Kier alpha value is -1.14. The molecule has 0 aliphatic heterocycles. The van der Waals surface area contributed by atoms with Gasteiger partial charge in [0.2, 0.25) is 0 Å². The summed E-state index contributed by atoms with van der Waals surface area (Å²) in [4.78, 5) is 0. The summed E-state index contributed by atoms with van der Waals surface area (Å²) in [5.74, 6) is 0.400. The van der Waals surface area contributed by atoms with Gasteiger partial charge in [-0.1, -0.05) is 5.21 Å². The Balaban J connectivity index is 2.63. The monoisotopic (exact) mass is 186 g/mol. The molecule has 74 valence electrons. The topological polar surface area (TPSA) is 75.2 Å². The molecular formula is C7H14N4O2. The zero-order chi connectivity index (χ0) is 9.68. The van der Waals surface area contributed by atoms with Gasteiger partial charge in [0.1, 0.15) is 6.04 Å². The highest BCUT2D eigenvalue weighted by atomic mass is 16.5. The molecule has 0 saturated carbocycles. The summed E-state index contributed by atoms with van der Waals surface area (Å²) in [6, 6.07) is 0.0276. The van der Waals surface area contributed by atoms with Crippen LogP contribution in [0.2, 0.25) is 0 Å². The van der Waals surface area contributed by atoms with Crippen LogP contribution in [0.15, 0.2) is 6.20 Å². The Kier molecular flexibility index (Phi) is 3.66. The molecule has 0 aliphatic rings. The van der Waals surface area contributed by atoms with E-state index in [0.717, 1.165) is 0 Å². The van der Waals surface area contributed by atoms with Gasteiger partial charge in [0.25, 0.3) is 0 Å². The van der Waals surface area contributed by atoms with E-state index in [1.165, 1.54) is 0 Å². The molecule has 0 atom stereocenters. The lowest BCUT2D eigenvalue weighted by Crippen LogP contribution is -2.20. The van der Waals surface area contributed by atoms with Crippen LogP contribution < -0.4 is 5.73 Å². The van der Waals surface area contributed by atoms with Crippen molar-refractivity contribution in [1.29, 1.82) is 0 Å². The van der Waals surface area contributed by atoms with Crippen LogP contribution in [-0.4, -0.2) is 42.4 Å². The van der Waals surface area contributed by atoms with E-state index in [-0.39, 0.29) is 6.04 Å². The lowest BCUT2D eigenvalue weighted by Gasteiger charge is -2.14. The number of rotatable bonds is 5. The maximum atomic E-state index is 5.43. The molecule has 0 spiro atoms. The summed E-state index contributed by atoms with van der Waals surface area (Å²) in [6.45, 7) is 1.05. The van der Waals surface area contributed by atoms with Gasteiger partial charge < -0.3 is 15.2 Å². The Labute approximate surface area is 76.6 Å². The molecule has 6 heteroatoms. The van der Waals surface area contributed by atoms with Crippen molar-refractivity contribution in [2.24, 2.45) is 0 Å². The van der Waals surface area contributed by atoms with Crippen molar-refractivity contribution in [3.63, 3.8) is 0 Å². The zero-order valence-corrected chi connectivity index (χ0v) is 7.80. The lowest BCUT2D eigenvalue weighted by molar-refractivity contribution is 0.0830. The van der Waals surface area contributed by atoms with Crippen LogP contribution in [0.3, 0.4) is 0 Å². The van der Waals surface area contributed by atoms with Crippen LogP contribution >= 0.6 is 0 Å². The van der Waals surface area contributed by atoms with Crippen LogP contribution in [0, 0.1) is 0 Å². The van der Waals surface area contributed by atoms with Gasteiger partial charge in [0.05, 0.1) is 19.4 Å². The fourth-order valence-electron chi connectivity index (χ4n) is 1.05. The van der Waals surface area contributed by atoms with Crippen molar-refractivity contribution < 1.29 is 9.47 Å². The molecule has 13 heavy (non-hydrogen) atoms. The van der Waals surface area contributed by atoms with Crippen molar-refractivity contribution >= 4 is 5.82 Å². The van der Waals surface area contributed by atoms with Crippen molar-refractivity contribution in [1.82, 2.24) is 15.0 Å². The molecular weight excluding hydrogens is 172 g/mol. The summed E-state index contributed by atoms with van der Waals surface area (Å²) >= 11 is 0. The van der Waals surface area contributed by atoms with Crippen LogP contribution in [0.1, 0.15) is 6.04 Å². The molecule has 1 aromatic heterocycles. The lowest BCUT2D eigenvalue weighted by atomic mass is 10.3. The van der Waals surface area contributed by atoms with Crippen LogP contribution in [0.5, 0.6) is 0 Å². The van der Waals surface area contributed by atoms with Crippen LogP contribution in [0.25, 0.3) is 0 Å². The molecule has 0 fully saturated rings. The second-order valence-corrected chi connectivity index (χ2v) is 2.69. The number of hydrogen-bond donors (Lipinski definition) is 1. The van der Waals surface area contributed by atoms with E-state index < -0.39 is 0 Å². The summed E-state index contributed by atoms with van der Waals surface area (Å²) in [7, 11) is 3.26. The number of ether oxygens (including phenoxy) is 2. The van der Waals surface area contributed by atoms with E-state index in [9.17, 15) is 0 Å². The number of aromatic nitrogens is 3. The normalized spacial score (nSPS) is 11.0. The predicted octanol–water partition coefficient (Wildman–Crippen LogP) is -0.306. The molecule has 0 unspecified atom stereocenters. The second kappa shape index (κ2) is 4.78. The minimum atomic E-state index is 0.0276. The van der Waals surface area contributed by atoms with Gasteiger partial charge in [-0.05, 0) is 0 Å². The van der Waals surface area contributed by atoms with Gasteiger partial charge in [-0.25, -0.2) is 4.68 Å². The van der Waals surface area contributed by atoms with Gasteiger partial charge in [-0.2, -0.15) is 0 Å². The van der Waals surface area contributed by atoms with E-state index in [1.807, 2.05) is 0 Å². The molecule has 1 aromatic rings. The summed E-state index contributed by atoms with van der Waals surface area (Å²) in [5, 5.41) is 7.52. The SMILES string of the molecule is COCC(COC)n1cc(N)nn1. The molecule has 2 N–H and O–H groups in total. The number of hydrogen-bond acceptors (Lipinski definition) is 5. The smallest absolute Gasteiger partial charge is 0.165 e. The first-order valence-corrected chi connectivity index (χ1v) is 3.93. The Bertz CT molecular complexity index is 244. The fourth-order valence-corrected chi connectivity index (χ4v) is 1.05. The van der Waals surface area contributed by atoms with E-state index in [1.54, 1.807) is 25.1 Å². The highest BCUT2D eigenvalue weighted by molar-refractivity contribution is 5.20. The third kappa shape index (κ3) is 2.67. The number of methoxy groups -OCH3 is 2. The number of nitrogens with zero attached hydrogens (tertiary/aromatic N) is 3. The molecule has 0 bridgehead atoms. The van der Waals surface area contributed by atoms with Crippen molar-refractivity contribution in [2.45, 2.75) is 6.04 Å². The quantitative estimate of drug-likeness (QED) is 0.683. The number of nitrogens with two attached hydrogens (primary N) is 1. The van der Waals surface area contributed by atoms with Crippen LogP contribution in [-0.2, 0) is 9.47 Å². The first kappa shape index (κ1) is 9.94. The van der Waals surface area contributed by atoms with Gasteiger partial charge in [-0.3, -0.25) is 0 Å². The minimum absolute atomic E-state index is 0.0276. The average Bonchev–Trinajstić information content (AvgIpc) is 2.51. The van der Waals surface area contributed by atoms with E-state index >= 15 is 0 Å². The predicted molar refractivity (Wildman–Crippen MR) is 47.2 cm³/mol. The van der Waals surface area contributed by atoms with Gasteiger partial charge in [0.15, 0.2) is 5.82 Å². The summed E-state index contributed by atoms with van der Waals surface area (Å²) < 4.78 is 11.7. The van der Waals surface area contributed by atoms with E-state index in [4.69, 9.17) is 15.2 Å². The van der Waals surface area contributed by atoms with Crippen LogP contribution in [0.4, 0.5) is 5.82 Å². The maximum absolute atomic E-state index is 5.43. The van der Waals surface area contributed by atoms with Crippen molar-refractivity contribution in [3.8, 4) is 0 Å². The fraction of sp³-hybridized carbons (Fsp3) is 0.714. The molecule has 0 amide bonds. The van der Waals surface area contributed by atoms with Crippen molar-refractivity contribution in [3.05, 3.63) is 6.20 Å². The molecule has 1 rings (SSSR count). The van der Waals surface area contributed by atoms with Gasteiger partial charge >= 0.3 is 0 Å². The minimum Gasteiger partial charge on any atom is -0.382 e. The first-order chi connectivity index (χ1) is 6.27. The largest absolute Gasteiger partial charge is 0.382 e. The average molecular weight is 186 g/mol. The highest BCUT2D eigenvalue weighted by Crippen LogP contribution is 2.06. The Morgan fingerprint density at radius 2 is 2.08 bits per heavy atom. The number of nitrogen functional groups attached to an aromatic ring is 1. The number of anilines is 1. The second-order valence-electron chi connectivity index (χ2n) is 2.69. The Morgan fingerprint density at radius 1 is 1.46 bits per heavy atom. The standard InChI is InChI=1S/C7H14N4O2/c1-12-4-6(5-13-2)11-3-7(8)9-10-11/h3,6H,4-5,8H2,1-2H3. The zero-order valence-electron chi connectivity index (χ0n) is 7.80. The highest BCUT2D eigenvalue weighted by Gasteiger charge is 2.11. The van der Waals surface area contributed by atoms with Crippen molar-refractivity contribution in [2.75, 3.05) is 33.2 Å². The molecule has 0 aromatic carbocycles. The Morgan fingerprint density at radius 3 is 2.46 bits per heavy atom. The molecule has 0 saturated heterocycles. The third-order valence-corrected chi connectivity index (χ3v) is 1.62. The first-order valence-electron chi connectivity index (χ1n) is 3.93. The summed E-state index contributed by atoms with van der Waals surface area (Å²) in [5.41, 5.74) is 5.43. The molecule has 1 heterocycles. The van der Waals surface area contributed by atoms with Gasteiger partial charge in [-0.15, -0.1) is 5.10 Å². The maximum Gasteiger partial charge on any atom is 0.165 e. The molecule has 0 aliphatic carbocycles. The third-order valence-electron chi connectivity index (χ3n) is 1.62. The van der Waals surface area contributed by atoms with Gasteiger partial charge in [0, 0.05) is 14.2 Å². The van der Waals surface area contributed by atoms with E-state index in [2.05, 4.69) is 10.3 Å². The molecule has 0 radical (unpaired) electrons.